The van der Waals surface area contributed by atoms with E-state index in [9.17, 15) is 0 Å². The van der Waals surface area contributed by atoms with Crippen molar-refractivity contribution in [1.29, 1.82) is 0 Å². The third-order valence-electron chi connectivity index (χ3n) is 1.05. The van der Waals surface area contributed by atoms with E-state index in [1.165, 1.54) is 4.90 Å². The number of hydrogen-bond acceptors (Lipinski definition) is 2. The van der Waals surface area contributed by atoms with Crippen LogP contribution >= 0.6 is 27.9 Å². The van der Waals surface area contributed by atoms with E-state index in [1.54, 1.807) is 11.9 Å². The molecule has 0 atom stereocenters. The standard InChI is InChI=1S/C7H8BrNS.C2H6/c1-9-10-7-5-3-2-4-6(7)8;1-2/h2-5,9H,1H3;1-2H3. The highest BCUT2D eigenvalue weighted by Gasteiger charge is 1.94. The lowest BCUT2D eigenvalue weighted by atomic mass is 10.4. The first-order chi connectivity index (χ1) is 5.84. The van der Waals surface area contributed by atoms with Crippen molar-refractivity contribution in [2.45, 2.75) is 18.7 Å². The van der Waals surface area contributed by atoms with Crippen molar-refractivity contribution in [2.24, 2.45) is 0 Å². The molecular weight excluding hydrogens is 234 g/mol. The second-order valence-corrected chi connectivity index (χ2v) is 3.64. The Morgan fingerprint density at radius 2 is 1.83 bits per heavy atom. The molecule has 3 heteroatoms. The molecule has 0 aliphatic rings. The minimum atomic E-state index is 1.13. The van der Waals surface area contributed by atoms with Gasteiger partial charge in [-0.2, -0.15) is 0 Å². The van der Waals surface area contributed by atoms with Gasteiger partial charge in [-0.1, -0.05) is 26.0 Å². The molecule has 0 saturated carbocycles. The molecule has 1 aromatic carbocycles. The fourth-order valence-corrected chi connectivity index (χ4v) is 1.70. The normalized spacial score (nSPS) is 8.67. The van der Waals surface area contributed by atoms with Gasteiger partial charge in [0.1, 0.15) is 0 Å². The molecule has 0 bridgehead atoms. The van der Waals surface area contributed by atoms with Crippen LogP contribution in [0.2, 0.25) is 0 Å². The van der Waals surface area contributed by atoms with E-state index in [0.717, 1.165) is 4.47 Å². The van der Waals surface area contributed by atoms with Gasteiger partial charge >= 0.3 is 0 Å². The SMILES string of the molecule is CC.CNSc1ccccc1Br. The van der Waals surface area contributed by atoms with Crippen LogP contribution in [-0.4, -0.2) is 7.05 Å². The lowest BCUT2D eigenvalue weighted by Crippen LogP contribution is -1.90. The van der Waals surface area contributed by atoms with E-state index < -0.39 is 0 Å². The summed E-state index contributed by atoms with van der Waals surface area (Å²) in [4.78, 5) is 1.21. The summed E-state index contributed by atoms with van der Waals surface area (Å²) in [6.45, 7) is 4.00. The molecule has 0 radical (unpaired) electrons. The van der Waals surface area contributed by atoms with Gasteiger partial charge in [0.05, 0.1) is 0 Å². The zero-order valence-electron chi connectivity index (χ0n) is 7.60. The Morgan fingerprint density at radius 1 is 1.25 bits per heavy atom. The highest BCUT2D eigenvalue weighted by molar-refractivity contribution is 9.10. The summed E-state index contributed by atoms with van der Waals surface area (Å²) < 4.78 is 4.15. The van der Waals surface area contributed by atoms with Gasteiger partial charge in [-0.3, -0.25) is 4.72 Å². The molecule has 0 spiro atoms. The summed E-state index contributed by atoms with van der Waals surface area (Å²) >= 11 is 5.04. The van der Waals surface area contributed by atoms with Crippen LogP contribution < -0.4 is 4.72 Å². The molecule has 1 nitrogen and oxygen atoms in total. The molecule has 0 aliphatic carbocycles. The van der Waals surface area contributed by atoms with Gasteiger partial charge in [0, 0.05) is 9.37 Å². The van der Waals surface area contributed by atoms with Crippen molar-refractivity contribution in [2.75, 3.05) is 7.05 Å². The van der Waals surface area contributed by atoms with Crippen LogP contribution in [0, 0.1) is 0 Å². The number of benzene rings is 1. The lowest BCUT2D eigenvalue weighted by Gasteiger charge is -1.99. The van der Waals surface area contributed by atoms with Gasteiger partial charge in [-0.25, -0.2) is 0 Å². The molecule has 0 saturated heterocycles. The first-order valence-electron chi connectivity index (χ1n) is 3.92. The van der Waals surface area contributed by atoms with E-state index in [0.29, 0.717) is 0 Å². The van der Waals surface area contributed by atoms with Gasteiger partial charge in [0.15, 0.2) is 0 Å². The third-order valence-corrected chi connectivity index (χ3v) is 2.78. The van der Waals surface area contributed by atoms with Crippen LogP contribution in [0.3, 0.4) is 0 Å². The Labute approximate surface area is 87.2 Å². The number of nitrogens with one attached hydrogen (secondary N) is 1. The topological polar surface area (TPSA) is 12.0 Å². The number of hydrogen-bond donors (Lipinski definition) is 1. The highest BCUT2D eigenvalue weighted by Crippen LogP contribution is 2.23. The zero-order valence-corrected chi connectivity index (χ0v) is 10.00. The molecule has 0 aliphatic heterocycles. The maximum Gasteiger partial charge on any atom is 0.0370 e. The van der Waals surface area contributed by atoms with Crippen molar-refractivity contribution in [3.05, 3.63) is 28.7 Å². The van der Waals surface area contributed by atoms with E-state index in [-0.39, 0.29) is 0 Å². The second kappa shape index (κ2) is 7.65. The lowest BCUT2D eigenvalue weighted by molar-refractivity contribution is 1.27. The minimum absolute atomic E-state index is 1.13. The van der Waals surface area contributed by atoms with Crippen molar-refractivity contribution < 1.29 is 0 Å². The Bertz CT molecular complexity index is 215. The highest BCUT2D eigenvalue weighted by atomic mass is 79.9. The van der Waals surface area contributed by atoms with Gasteiger partial charge < -0.3 is 0 Å². The molecule has 0 aromatic heterocycles. The van der Waals surface area contributed by atoms with Crippen LogP contribution in [0.15, 0.2) is 33.6 Å². The third kappa shape index (κ3) is 4.14. The Morgan fingerprint density at radius 3 is 2.33 bits per heavy atom. The van der Waals surface area contributed by atoms with Crippen molar-refractivity contribution in [3.63, 3.8) is 0 Å². The summed E-state index contributed by atoms with van der Waals surface area (Å²) in [5, 5.41) is 0. The summed E-state index contributed by atoms with van der Waals surface area (Å²) in [7, 11) is 1.91. The Balaban J connectivity index is 0.000000561. The predicted molar refractivity (Wildman–Crippen MR) is 60.4 cm³/mol. The van der Waals surface area contributed by atoms with E-state index in [2.05, 4.69) is 26.7 Å². The van der Waals surface area contributed by atoms with Crippen molar-refractivity contribution in [1.82, 2.24) is 4.72 Å². The zero-order chi connectivity index (χ0) is 9.40. The smallest absolute Gasteiger partial charge is 0.0370 e. The van der Waals surface area contributed by atoms with Crippen molar-refractivity contribution >= 4 is 27.9 Å². The molecule has 68 valence electrons. The van der Waals surface area contributed by atoms with Gasteiger partial charge in [0.25, 0.3) is 0 Å². The second-order valence-electron chi connectivity index (χ2n) is 1.74. The summed E-state index contributed by atoms with van der Waals surface area (Å²) in [6, 6.07) is 8.11. The monoisotopic (exact) mass is 247 g/mol. The summed E-state index contributed by atoms with van der Waals surface area (Å²) in [6.07, 6.45) is 0. The fraction of sp³-hybridized carbons (Fsp3) is 0.333. The molecule has 0 amide bonds. The first-order valence-corrected chi connectivity index (χ1v) is 5.53. The molecule has 1 rings (SSSR count). The van der Waals surface area contributed by atoms with Crippen LogP contribution in [0.4, 0.5) is 0 Å². The predicted octanol–water partition coefficient (Wildman–Crippen LogP) is 3.70. The molecule has 1 N–H and O–H groups in total. The molecule has 12 heavy (non-hydrogen) atoms. The molecule has 0 fully saturated rings. The first kappa shape index (κ1) is 12.0. The van der Waals surface area contributed by atoms with E-state index in [1.807, 2.05) is 39.1 Å². The Kier molecular flexibility index (Phi) is 7.65. The Hall–Kier alpha value is 0.01000. The van der Waals surface area contributed by atoms with Gasteiger partial charge in [-0.15, -0.1) is 0 Å². The molecule has 1 aromatic rings. The van der Waals surface area contributed by atoms with E-state index >= 15 is 0 Å². The average Bonchev–Trinajstić information content (AvgIpc) is 2.13. The molecular formula is C9H14BrNS. The number of halogens is 1. The number of rotatable bonds is 2. The molecule has 0 heterocycles. The summed E-state index contributed by atoms with van der Waals surface area (Å²) in [5.41, 5.74) is 0. The van der Waals surface area contributed by atoms with Gasteiger partial charge in [-0.05, 0) is 47.1 Å². The molecule has 0 unspecified atom stereocenters. The minimum Gasteiger partial charge on any atom is -0.263 e. The van der Waals surface area contributed by atoms with Crippen LogP contribution in [-0.2, 0) is 0 Å². The van der Waals surface area contributed by atoms with E-state index in [4.69, 9.17) is 0 Å². The van der Waals surface area contributed by atoms with Crippen LogP contribution in [0.1, 0.15) is 13.8 Å². The van der Waals surface area contributed by atoms with Crippen molar-refractivity contribution in [3.8, 4) is 0 Å². The fourth-order valence-electron chi connectivity index (χ4n) is 0.637. The largest absolute Gasteiger partial charge is 0.263 e. The van der Waals surface area contributed by atoms with Crippen LogP contribution in [0.5, 0.6) is 0 Å². The summed E-state index contributed by atoms with van der Waals surface area (Å²) in [5.74, 6) is 0. The van der Waals surface area contributed by atoms with Crippen LogP contribution in [0.25, 0.3) is 0 Å². The maximum atomic E-state index is 3.44. The maximum absolute atomic E-state index is 3.44. The quantitative estimate of drug-likeness (QED) is 0.801. The van der Waals surface area contributed by atoms with Gasteiger partial charge in [0.2, 0.25) is 0 Å². The average molecular weight is 248 g/mol.